The lowest BCUT2D eigenvalue weighted by atomic mass is 9.61. The van der Waals surface area contributed by atoms with E-state index in [0.29, 0.717) is 5.92 Å². The highest BCUT2D eigenvalue weighted by Gasteiger charge is 2.75. The van der Waals surface area contributed by atoms with E-state index in [1.165, 1.54) is 0 Å². The summed E-state index contributed by atoms with van der Waals surface area (Å²) in [5.41, 5.74) is -0.723. The standard InChI is InChI=1S/C16H26O3/c1-7-15-9-8-12(14(15,4)5)13(19-10-18-6)16(15,17)11(2)3/h7,12-13,17H,1-2,8-10H2,3-6H3/t12-,13-,15-,16-/m1/s1. The molecule has 1 N–H and O–H groups in total. The normalized spacial score (nSPS) is 43.4. The van der Waals surface area contributed by atoms with Crippen molar-refractivity contribution in [2.75, 3.05) is 13.9 Å². The van der Waals surface area contributed by atoms with Crippen molar-refractivity contribution in [3.63, 3.8) is 0 Å². The van der Waals surface area contributed by atoms with Crippen molar-refractivity contribution in [1.29, 1.82) is 0 Å². The predicted octanol–water partition coefficient (Wildman–Crippen LogP) is 2.90. The van der Waals surface area contributed by atoms with Crippen LogP contribution in [0.1, 0.15) is 33.6 Å². The monoisotopic (exact) mass is 266 g/mol. The Kier molecular flexibility index (Phi) is 3.45. The van der Waals surface area contributed by atoms with Gasteiger partial charge in [0.05, 0.1) is 6.10 Å². The predicted molar refractivity (Wildman–Crippen MR) is 75.6 cm³/mol. The third kappa shape index (κ3) is 1.49. The van der Waals surface area contributed by atoms with Gasteiger partial charge in [0, 0.05) is 12.5 Å². The van der Waals surface area contributed by atoms with E-state index in [1.54, 1.807) is 7.11 Å². The van der Waals surface area contributed by atoms with Crippen molar-refractivity contribution < 1.29 is 14.6 Å². The fourth-order valence-electron chi connectivity index (χ4n) is 4.68. The molecule has 2 rings (SSSR count). The van der Waals surface area contributed by atoms with Crippen LogP contribution in [-0.2, 0) is 9.47 Å². The van der Waals surface area contributed by atoms with E-state index in [1.807, 2.05) is 13.0 Å². The van der Waals surface area contributed by atoms with Crippen LogP contribution in [0.15, 0.2) is 24.8 Å². The molecule has 0 aliphatic heterocycles. The first-order chi connectivity index (χ1) is 8.79. The maximum atomic E-state index is 11.4. The SMILES string of the molecule is C=C[C@]12CC[C@H]([C@@H](OCOC)[C@]1(O)C(=C)C)C2(C)C. The van der Waals surface area contributed by atoms with Crippen LogP contribution in [-0.4, -0.2) is 30.7 Å². The van der Waals surface area contributed by atoms with Crippen molar-refractivity contribution in [2.45, 2.75) is 45.3 Å². The number of methoxy groups -OCH3 is 1. The summed E-state index contributed by atoms with van der Waals surface area (Å²) >= 11 is 0. The lowest BCUT2D eigenvalue weighted by molar-refractivity contribution is -0.171. The molecule has 0 amide bonds. The van der Waals surface area contributed by atoms with Crippen LogP contribution in [0.25, 0.3) is 0 Å². The summed E-state index contributed by atoms with van der Waals surface area (Å²) in [7, 11) is 1.60. The van der Waals surface area contributed by atoms with Crippen LogP contribution in [0.4, 0.5) is 0 Å². The van der Waals surface area contributed by atoms with Gasteiger partial charge in [0.15, 0.2) is 0 Å². The van der Waals surface area contributed by atoms with Crippen molar-refractivity contribution >= 4 is 0 Å². The molecule has 3 heteroatoms. The Morgan fingerprint density at radius 3 is 2.58 bits per heavy atom. The maximum Gasteiger partial charge on any atom is 0.146 e. The molecule has 4 atom stereocenters. The molecular weight excluding hydrogens is 240 g/mol. The Labute approximate surface area is 116 Å². The average Bonchev–Trinajstić information content (AvgIpc) is 2.69. The number of ether oxygens (including phenoxy) is 2. The minimum absolute atomic E-state index is 0.0547. The second-order valence-corrected chi connectivity index (χ2v) is 6.58. The summed E-state index contributed by atoms with van der Waals surface area (Å²) in [6.07, 6.45) is 3.64. The fourth-order valence-corrected chi connectivity index (χ4v) is 4.68. The highest BCUT2D eigenvalue weighted by atomic mass is 16.7. The third-order valence-electron chi connectivity index (χ3n) is 5.75. The van der Waals surface area contributed by atoms with Gasteiger partial charge in [0.1, 0.15) is 12.4 Å². The van der Waals surface area contributed by atoms with Crippen molar-refractivity contribution in [2.24, 2.45) is 16.7 Å². The molecule has 0 saturated heterocycles. The molecule has 2 aliphatic rings. The number of hydrogen-bond acceptors (Lipinski definition) is 3. The Balaban J connectivity index is 2.52. The molecule has 108 valence electrons. The summed E-state index contributed by atoms with van der Waals surface area (Å²) in [6.45, 7) is 14.5. The summed E-state index contributed by atoms with van der Waals surface area (Å²) in [6, 6.07) is 0. The van der Waals surface area contributed by atoms with Crippen LogP contribution < -0.4 is 0 Å². The molecule has 2 fully saturated rings. The molecule has 0 aromatic heterocycles. The van der Waals surface area contributed by atoms with Gasteiger partial charge in [0.2, 0.25) is 0 Å². The topological polar surface area (TPSA) is 38.7 Å². The molecule has 2 bridgehead atoms. The maximum absolute atomic E-state index is 11.4. The molecule has 3 nitrogen and oxygen atoms in total. The molecule has 2 saturated carbocycles. The smallest absolute Gasteiger partial charge is 0.146 e. The van der Waals surface area contributed by atoms with E-state index in [2.05, 4.69) is 27.0 Å². The minimum Gasteiger partial charge on any atom is -0.382 e. The van der Waals surface area contributed by atoms with Gasteiger partial charge in [-0.05, 0) is 36.7 Å². The molecule has 19 heavy (non-hydrogen) atoms. The Morgan fingerprint density at radius 1 is 1.47 bits per heavy atom. The van der Waals surface area contributed by atoms with Gasteiger partial charge in [-0.15, -0.1) is 6.58 Å². The summed E-state index contributed by atoms with van der Waals surface area (Å²) in [5, 5.41) is 11.4. The average molecular weight is 266 g/mol. The van der Waals surface area contributed by atoms with Crippen LogP contribution in [0.5, 0.6) is 0 Å². The number of rotatable bonds is 5. The minimum atomic E-state index is -1.06. The van der Waals surface area contributed by atoms with E-state index < -0.39 is 5.60 Å². The van der Waals surface area contributed by atoms with Crippen molar-refractivity contribution in [1.82, 2.24) is 0 Å². The molecule has 0 aromatic carbocycles. The van der Waals surface area contributed by atoms with Crippen molar-refractivity contribution in [3.05, 3.63) is 24.8 Å². The van der Waals surface area contributed by atoms with Crippen molar-refractivity contribution in [3.8, 4) is 0 Å². The van der Waals surface area contributed by atoms with Gasteiger partial charge in [-0.2, -0.15) is 0 Å². The van der Waals surface area contributed by atoms with Crippen LogP contribution in [0.2, 0.25) is 0 Å². The highest BCUT2D eigenvalue weighted by Crippen LogP contribution is 2.72. The molecule has 0 aromatic rings. The van der Waals surface area contributed by atoms with E-state index in [4.69, 9.17) is 9.47 Å². The lowest BCUT2D eigenvalue weighted by Gasteiger charge is -2.48. The Hall–Kier alpha value is -0.640. The zero-order valence-corrected chi connectivity index (χ0v) is 12.5. The van der Waals surface area contributed by atoms with Gasteiger partial charge >= 0.3 is 0 Å². The number of fused-ring (bicyclic) bond motifs is 2. The highest BCUT2D eigenvalue weighted by molar-refractivity contribution is 5.37. The number of aliphatic hydroxyl groups is 1. The second kappa shape index (κ2) is 4.44. The first kappa shape index (κ1) is 14.8. The van der Waals surface area contributed by atoms with Gasteiger partial charge in [-0.25, -0.2) is 0 Å². The lowest BCUT2D eigenvalue weighted by Crippen LogP contribution is -2.55. The zero-order valence-electron chi connectivity index (χ0n) is 12.5. The fraction of sp³-hybridized carbons (Fsp3) is 0.750. The second-order valence-electron chi connectivity index (χ2n) is 6.58. The van der Waals surface area contributed by atoms with E-state index in [0.717, 1.165) is 18.4 Å². The largest absolute Gasteiger partial charge is 0.382 e. The molecule has 0 radical (unpaired) electrons. The quantitative estimate of drug-likeness (QED) is 0.614. The first-order valence-corrected chi connectivity index (χ1v) is 6.92. The summed E-state index contributed by atoms with van der Waals surface area (Å²) < 4.78 is 10.9. The van der Waals surface area contributed by atoms with Gasteiger partial charge in [-0.3, -0.25) is 0 Å². The molecule has 0 unspecified atom stereocenters. The summed E-state index contributed by atoms with van der Waals surface area (Å²) in [5.74, 6) is 0.294. The first-order valence-electron chi connectivity index (χ1n) is 6.92. The molecule has 0 heterocycles. The van der Waals surface area contributed by atoms with Crippen LogP contribution >= 0.6 is 0 Å². The summed E-state index contributed by atoms with van der Waals surface area (Å²) in [4.78, 5) is 0. The Morgan fingerprint density at radius 2 is 2.11 bits per heavy atom. The zero-order chi connectivity index (χ0) is 14.5. The molecule has 0 spiro atoms. The van der Waals surface area contributed by atoms with E-state index in [-0.39, 0.29) is 23.7 Å². The van der Waals surface area contributed by atoms with E-state index >= 15 is 0 Å². The van der Waals surface area contributed by atoms with Gasteiger partial charge in [-0.1, -0.05) is 26.5 Å². The third-order valence-corrected chi connectivity index (χ3v) is 5.75. The van der Waals surface area contributed by atoms with Gasteiger partial charge < -0.3 is 14.6 Å². The molecular formula is C16H26O3. The Bertz CT molecular complexity index is 401. The number of hydrogen-bond donors (Lipinski definition) is 1. The van der Waals surface area contributed by atoms with Crippen LogP contribution in [0.3, 0.4) is 0 Å². The van der Waals surface area contributed by atoms with Gasteiger partial charge in [0.25, 0.3) is 0 Å². The molecule has 2 aliphatic carbocycles. The van der Waals surface area contributed by atoms with E-state index in [9.17, 15) is 5.11 Å². The van der Waals surface area contributed by atoms with Crippen LogP contribution in [0, 0.1) is 16.7 Å².